The second-order valence-electron chi connectivity index (χ2n) is 4.71. The Hall–Kier alpha value is -2.69. The topological polar surface area (TPSA) is 72.2 Å². The van der Waals surface area contributed by atoms with Crippen molar-refractivity contribution in [3.63, 3.8) is 0 Å². The van der Waals surface area contributed by atoms with Crippen LogP contribution < -0.4 is 4.74 Å². The maximum absolute atomic E-state index is 11.8. The van der Waals surface area contributed by atoms with E-state index in [0.29, 0.717) is 17.0 Å². The van der Waals surface area contributed by atoms with Crippen LogP contribution in [0.3, 0.4) is 0 Å². The van der Waals surface area contributed by atoms with Crippen molar-refractivity contribution in [1.29, 1.82) is 5.26 Å². The largest absolute Gasteiger partial charge is 0.481 e. The lowest BCUT2D eigenvalue weighted by Gasteiger charge is -2.07. The summed E-state index contributed by atoms with van der Waals surface area (Å²) < 4.78 is 10.5. The number of thiophene rings is 1. The summed E-state index contributed by atoms with van der Waals surface area (Å²) in [4.78, 5) is 16.2. The molecule has 0 bridgehead atoms. The molecule has 0 aliphatic heterocycles. The Morgan fingerprint density at radius 3 is 2.92 bits per heavy atom. The lowest BCUT2D eigenvalue weighted by Crippen LogP contribution is -2.15. The van der Waals surface area contributed by atoms with Gasteiger partial charge < -0.3 is 9.47 Å². The second-order valence-corrected chi connectivity index (χ2v) is 6.35. The SMILES string of the molecule is N#Cc1ccccc1OCC(=O)OCc1csc(-c2ccsc2)n1. The van der Waals surface area contributed by atoms with Crippen LogP contribution in [0.5, 0.6) is 5.75 Å². The normalized spacial score (nSPS) is 10.1. The van der Waals surface area contributed by atoms with Crippen LogP contribution in [0.25, 0.3) is 10.6 Å². The van der Waals surface area contributed by atoms with Gasteiger partial charge in [-0.1, -0.05) is 12.1 Å². The average Bonchev–Trinajstić information content (AvgIpc) is 3.29. The van der Waals surface area contributed by atoms with Gasteiger partial charge in [0.15, 0.2) is 6.61 Å². The van der Waals surface area contributed by atoms with Crippen LogP contribution in [0.4, 0.5) is 0 Å². The third-order valence-corrected chi connectivity index (χ3v) is 4.68. The third kappa shape index (κ3) is 3.98. The highest BCUT2D eigenvalue weighted by Gasteiger charge is 2.10. The van der Waals surface area contributed by atoms with Gasteiger partial charge in [0.05, 0.1) is 11.3 Å². The standard InChI is InChI=1S/C17H12N2O3S2/c18-7-12-3-1-2-4-15(12)21-9-16(20)22-8-14-11-24-17(19-14)13-5-6-23-10-13/h1-6,10-11H,8-9H2. The molecule has 0 saturated carbocycles. The molecule has 0 spiro atoms. The highest BCUT2D eigenvalue weighted by Crippen LogP contribution is 2.25. The van der Waals surface area contributed by atoms with Crippen LogP contribution in [0.1, 0.15) is 11.3 Å². The first kappa shape index (κ1) is 16.2. The molecule has 7 heteroatoms. The van der Waals surface area contributed by atoms with Crippen molar-refractivity contribution >= 4 is 28.6 Å². The second kappa shape index (κ2) is 7.73. The van der Waals surface area contributed by atoms with Gasteiger partial charge in [0.1, 0.15) is 23.4 Å². The van der Waals surface area contributed by atoms with Gasteiger partial charge in [0, 0.05) is 16.3 Å². The summed E-state index contributed by atoms with van der Waals surface area (Å²) in [7, 11) is 0. The summed E-state index contributed by atoms with van der Waals surface area (Å²) in [6.07, 6.45) is 0. The fourth-order valence-electron chi connectivity index (χ4n) is 1.91. The number of nitrogens with zero attached hydrogens (tertiary/aromatic N) is 2. The number of esters is 1. The Bertz CT molecular complexity index is 866. The van der Waals surface area contributed by atoms with Gasteiger partial charge in [-0.25, -0.2) is 9.78 Å². The summed E-state index contributed by atoms with van der Waals surface area (Å²) in [5, 5.41) is 15.8. The Balaban J connectivity index is 1.50. The van der Waals surface area contributed by atoms with Crippen molar-refractivity contribution < 1.29 is 14.3 Å². The average molecular weight is 356 g/mol. The molecule has 0 atom stereocenters. The van der Waals surface area contributed by atoms with E-state index in [9.17, 15) is 4.79 Å². The van der Waals surface area contributed by atoms with E-state index in [1.54, 1.807) is 35.6 Å². The highest BCUT2D eigenvalue weighted by molar-refractivity contribution is 7.14. The lowest BCUT2D eigenvalue weighted by molar-refractivity contribution is -0.147. The van der Waals surface area contributed by atoms with Gasteiger partial charge in [-0.2, -0.15) is 16.6 Å². The minimum Gasteiger partial charge on any atom is -0.481 e. The van der Waals surface area contributed by atoms with Crippen LogP contribution in [0, 0.1) is 11.3 Å². The first-order valence-electron chi connectivity index (χ1n) is 7.01. The molecule has 2 aromatic heterocycles. The zero-order valence-electron chi connectivity index (χ0n) is 12.5. The molecule has 1 aromatic carbocycles. The molecule has 0 aliphatic rings. The van der Waals surface area contributed by atoms with E-state index in [4.69, 9.17) is 14.7 Å². The zero-order chi connectivity index (χ0) is 16.8. The van der Waals surface area contributed by atoms with Crippen molar-refractivity contribution in [1.82, 2.24) is 4.98 Å². The molecule has 24 heavy (non-hydrogen) atoms. The minimum atomic E-state index is -0.507. The number of para-hydroxylation sites is 1. The fourth-order valence-corrected chi connectivity index (χ4v) is 3.43. The molecule has 0 unspecified atom stereocenters. The van der Waals surface area contributed by atoms with Gasteiger partial charge in [-0.3, -0.25) is 0 Å². The summed E-state index contributed by atoms with van der Waals surface area (Å²) in [5.41, 5.74) is 2.15. The predicted molar refractivity (Wildman–Crippen MR) is 91.9 cm³/mol. The number of aromatic nitrogens is 1. The van der Waals surface area contributed by atoms with Crippen LogP contribution in [-0.4, -0.2) is 17.6 Å². The van der Waals surface area contributed by atoms with Crippen LogP contribution >= 0.6 is 22.7 Å². The molecule has 0 amide bonds. The summed E-state index contributed by atoms with van der Waals surface area (Å²) in [6.45, 7) is -0.150. The number of thiazole rings is 1. The Morgan fingerprint density at radius 1 is 1.25 bits per heavy atom. The van der Waals surface area contributed by atoms with Crippen molar-refractivity contribution in [3.8, 4) is 22.4 Å². The highest BCUT2D eigenvalue weighted by atomic mass is 32.1. The molecular formula is C17H12N2O3S2. The predicted octanol–water partition coefficient (Wildman–Crippen LogP) is 3.87. The minimum absolute atomic E-state index is 0.0999. The summed E-state index contributed by atoms with van der Waals surface area (Å²) in [6, 6.07) is 10.7. The van der Waals surface area contributed by atoms with E-state index < -0.39 is 5.97 Å². The molecule has 5 nitrogen and oxygen atoms in total. The quantitative estimate of drug-likeness (QED) is 0.627. The van der Waals surface area contributed by atoms with Crippen LogP contribution in [-0.2, 0) is 16.1 Å². The number of rotatable bonds is 6. The molecule has 0 saturated heterocycles. The van der Waals surface area contributed by atoms with Crippen LogP contribution in [0.15, 0.2) is 46.5 Å². The number of hydrogen-bond donors (Lipinski definition) is 0. The molecule has 0 aliphatic carbocycles. The van der Waals surface area contributed by atoms with E-state index >= 15 is 0 Å². The summed E-state index contributed by atoms with van der Waals surface area (Å²) in [5.74, 6) is -0.141. The molecule has 0 N–H and O–H groups in total. The van der Waals surface area contributed by atoms with Gasteiger partial charge in [-0.15, -0.1) is 11.3 Å². The first-order valence-corrected chi connectivity index (χ1v) is 8.83. The van der Waals surface area contributed by atoms with E-state index in [1.807, 2.05) is 28.3 Å². The van der Waals surface area contributed by atoms with Crippen molar-refractivity contribution in [2.45, 2.75) is 6.61 Å². The van der Waals surface area contributed by atoms with E-state index in [2.05, 4.69) is 4.98 Å². The number of benzene rings is 1. The van der Waals surface area contributed by atoms with Gasteiger partial charge >= 0.3 is 5.97 Å². The van der Waals surface area contributed by atoms with Crippen molar-refractivity contribution in [3.05, 3.63) is 57.7 Å². The van der Waals surface area contributed by atoms with Crippen LogP contribution in [0.2, 0.25) is 0 Å². The maximum Gasteiger partial charge on any atom is 0.344 e. The zero-order valence-corrected chi connectivity index (χ0v) is 14.1. The molecule has 3 aromatic rings. The molecule has 3 rings (SSSR count). The molecule has 2 heterocycles. The monoisotopic (exact) mass is 356 g/mol. The van der Waals surface area contributed by atoms with E-state index in [1.165, 1.54) is 11.3 Å². The first-order chi connectivity index (χ1) is 11.8. The van der Waals surface area contributed by atoms with Gasteiger partial charge in [0.2, 0.25) is 0 Å². The van der Waals surface area contributed by atoms with Gasteiger partial charge in [0.25, 0.3) is 0 Å². The Labute approximate surface area is 146 Å². The fraction of sp³-hybridized carbons (Fsp3) is 0.118. The van der Waals surface area contributed by atoms with Gasteiger partial charge in [-0.05, 0) is 23.6 Å². The molecule has 0 fully saturated rings. The molecule has 0 radical (unpaired) electrons. The van der Waals surface area contributed by atoms with E-state index in [-0.39, 0.29) is 13.2 Å². The summed E-state index contributed by atoms with van der Waals surface area (Å²) >= 11 is 3.12. The molecular weight excluding hydrogens is 344 g/mol. The van der Waals surface area contributed by atoms with E-state index in [0.717, 1.165) is 10.6 Å². The Morgan fingerprint density at radius 2 is 2.12 bits per heavy atom. The lowest BCUT2D eigenvalue weighted by atomic mass is 10.2. The molecule has 120 valence electrons. The third-order valence-electron chi connectivity index (χ3n) is 3.05. The Kier molecular flexibility index (Phi) is 5.21. The van der Waals surface area contributed by atoms with Crippen molar-refractivity contribution in [2.75, 3.05) is 6.61 Å². The number of hydrogen-bond acceptors (Lipinski definition) is 7. The maximum atomic E-state index is 11.8. The number of carbonyl (C=O) groups is 1. The number of nitriles is 1. The smallest absolute Gasteiger partial charge is 0.344 e. The number of carbonyl (C=O) groups excluding carboxylic acids is 1. The number of ether oxygens (including phenoxy) is 2. The van der Waals surface area contributed by atoms with Crippen molar-refractivity contribution in [2.24, 2.45) is 0 Å².